The Morgan fingerprint density at radius 2 is 1.67 bits per heavy atom. The Balaban J connectivity index is 1.74. The smallest absolute Gasteiger partial charge is 0.227 e. The van der Waals surface area contributed by atoms with E-state index in [-0.39, 0.29) is 11.9 Å². The molecule has 1 aliphatic heterocycles. The number of hydrogen-bond acceptors (Lipinski definition) is 3. The largest absolute Gasteiger partial charge is 0.493 e. The van der Waals surface area contributed by atoms with Crippen LogP contribution in [0, 0.1) is 0 Å². The van der Waals surface area contributed by atoms with Crippen LogP contribution in [0.4, 0.5) is 0 Å². The molecule has 154 valence electrons. The van der Waals surface area contributed by atoms with Crippen molar-refractivity contribution in [1.82, 2.24) is 4.90 Å². The number of fused-ring (bicyclic) bond motifs is 1. The molecule has 1 amide bonds. The predicted octanol–water partition coefficient (Wildman–Crippen LogP) is 5.18. The van der Waals surface area contributed by atoms with Gasteiger partial charge >= 0.3 is 0 Å². The molecule has 3 aromatic rings. The first kappa shape index (κ1) is 20.5. The minimum Gasteiger partial charge on any atom is -0.493 e. The number of hydrogen-bond donors (Lipinski definition) is 0. The third-order valence-electron chi connectivity index (χ3n) is 5.58. The molecule has 1 heterocycles. The lowest BCUT2D eigenvalue weighted by Crippen LogP contribution is -2.41. The van der Waals surface area contributed by atoms with Crippen molar-refractivity contribution in [1.29, 1.82) is 0 Å². The van der Waals surface area contributed by atoms with Crippen molar-refractivity contribution >= 4 is 21.8 Å². The highest BCUT2D eigenvalue weighted by molar-refractivity contribution is 9.10. The molecule has 0 aliphatic carbocycles. The zero-order valence-electron chi connectivity index (χ0n) is 17.1. The number of carbonyl (C=O) groups is 1. The average Bonchev–Trinajstić information content (AvgIpc) is 2.79. The second-order valence-electron chi connectivity index (χ2n) is 7.36. The topological polar surface area (TPSA) is 38.8 Å². The monoisotopic (exact) mass is 465 g/mol. The Kier molecular flexibility index (Phi) is 6.09. The quantitative estimate of drug-likeness (QED) is 0.520. The summed E-state index contributed by atoms with van der Waals surface area (Å²) in [4.78, 5) is 15.4. The Hall–Kier alpha value is -2.79. The van der Waals surface area contributed by atoms with Crippen LogP contribution in [0.1, 0.15) is 28.3 Å². The molecule has 1 atom stereocenters. The first-order valence-electron chi connectivity index (χ1n) is 9.94. The number of methoxy groups -OCH3 is 2. The van der Waals surface area contributed by atoms with Gasteiger partial charge in [-0.3, -0.25) is 4.79 Å². The van der Waals surface area contributed by atoms with E-state index in [2.05, 4.69) is 28.1 Å². The van der Waals surface area contributed by atoms with E-state index in [9.17, 15) is 4.79 Å². The number of halogens is 1. The van der Waals surface area contributed by atoms with E-state index >= 15 is 0 Å². The molecule has 0 spiro atoms. The first-order chi connectivity index (χ1) is 14.6. The van der Waals surface area contributed by atoms with Crippen molar-refractivity contribution in [2.45, 2.75) is 18.9 Å². The summed E-state index contributed by atoms with van der Waals surface area (Å²) in [7, 11) is 3.29. The van der Waals surface area contributed by atoms with Gasteiger partial charge in [0.1, 0.15) is 0 Å². The Morgan fingerprint density at radius 3 is 2.33 bits per heavy atom. The fourth-order valence-electron chi connectivity index (χ4n) is 4.09. The second-order valence-corrected chi connectivity index (χ2v) is 8.28. The van der Waals surface area contributed by atoms with Gasteiger partial charge in [0, 0.05) is 11.0 Å². The second kappa shape index (κ2) is 8.92. The van der Waals surface area contributed by atoms with E-state index < -0.39 is 0 Å². The summed E-state index contributed by atoms with van der Waals surface area (Å²) in [5.74, 6) is 1.52. The molecule has 4 nitrogen and oxygen atoms in total. The molecule has 4 rings (SSSR count). The van der Waals surface area contributed by atoms with Crippen LogP contribution in [0.5, 0.6) is 11.5 Å². The van der Waals surface area contributed by atoms with Crippen LogP contribution in [0.2, 0.25) is 0 Å². The van der Waals surface area contributed by atoms with Crippen molar-refractivity contribution in [3.05, 3.63) is 93.5 Å². The van der Waals surface area contributed by atoms with Crippen molar-refractivity contribution in [2.75, 3.05) is 20.8 Å². The van der Waals surface area contributed by atoms with Gasteiger partial charge in [-0.15, -0.1) is 0 Å². The van der Waals surface area contributed by atoms with Crippen molar-refractivity contribution in [3.8, 4) is 11.5 Å². The lowest BCUT2D eigenvalue weighted by Gasteiger charge is -2.38. The highest BCUT2D eigenvalue weighted by Crippen LogP contribution is 2.41. The number of benzene rings is 3. The van der Waals surface area contributed by atoms with Crippen molar-refractivity contribution in [2.24, 2.45) is 0 Å². The van der Waals surface area contributed by atoms with Crippen LogP contribution in [0.3, 0.4) is 0 Å². The summed E-state index contributed by atoms with van der Waals surface area (Å²) in [6.45, 7) is 0.664. The Bertz CT molecular complexity index is 1030. The molecule has 0 radical (unpaired) electrons. The lowest BCUT2D eigenvalue weighted by atomic mass is 9.87. The number of ether oxygens (including phenoxy) is 2. The molecule has 0 bridgehead atoms. The van der Waals surface area contributed by atoms with Crippen LogP contribution in [0.15, 0.2) is 71.2 Å². The minimum absolute atomic E-state index is 0.117. The highest BCUT2D eigenvalue weighted by atomic mass is 79.9. The maximum atomic E-state index is 13.4. The van der Waals surface area contributed by atoms with Crippen molar-refractivity contribution in [3.63, 3.8) is 0 Å². The van der Waals surface area contributed by atoms with E-state index in [4.69, 9.17) is 9.47 Å². The molecule has 0 saturated heterocycles. The van der Waals surface area contributed by atoms with Crippen LogP contribution in [0.25, 0.3) is 0 Å². The van der Waals surface area contributed by atoms with Gasteiger partial charge in [-0.25, -0.2) is 0 Å². The predicted molar refractivity (Wildman–Crippen MR) is 121 cm³/mol. The molecule has 3 aromatic carbocycles. The summed E-state index contributed by atoms with van der Waals surface area (Å²) in [5.41, 5.74) is 4.38. The minimum atomic E-state index is -0.155. The van der Waals surface area contributed by atoms with Crippen LogP contribution >= 0.6 is 15.9 Å². The number of amides is 1. The Morgan fingerprint density at radius 1 is 1.00 bits per heavy atom. The van der Waals surface area contributed by atoms with Gasteiger partial charge in [0.15, 0.2) is 11.5 Å². The van der Waals surface area contributed by atoms with Crippen LogP contribution < -0.4 is 9.47 Å². The summed E-state index contributed by atoms with van der Waals surface area (Å²) in [6.07, 6.45) is 1.16. The zero-order chi connectivity index (χ0) is 21.1. The van der Waals surface area contributed by atoms with Gasteiger partial charge in [0.05, 0.1) is 26.7 Å². The van der Waals surface area contributed by atoms with E-state index in [0.717, 1.165) is 33.3 Å². The molecule has 0 fully saturated rings. The molecule has 1 aliphatic rings. The van der Waals surface area contributed by atoms with Gasteiger partial charge in [-0.1, -0.05) is 58.4 Å². The highest BCUT2D eigenvalue weighted by Gasteiger charge is 2.33. The molecular formula is C25H24BrNO3. The normalized spacial score (nSPS) is 15.4. The molecule has 0 saturated carbocycles. The molecule has 30 heavy (non-hydrogen) atoms. The molecule has 0 N–H and O–H groups in total. The average molecular weight is 466 g/mol. The van der Waals surface area contributed by atoms with Crippen LogP contribution in [-0.4, -0.2) is 31.6 Å². The van der Waals surface area contributed by atoms with Gasteiger partial charge in [0.25, 0.3) is 0 Å². The van der Waals surface area contributed by atoms with Gasteiger partial charge in [0.2, 0.25) is 5.91 Å². The first-order valence-corrected chi connectivity index (χ1v) is 10.7. The SMILES string of the molecule is COc1cc2c(cc1OC)C(c1ccccc1)N(C(=O)Cc1ccc(Br)cc1)CC2. The molecule has 1 unspecified atom stereocenters. The molecule has 0 aromatic heterocycles. The zero-order valence-corrected chi connectivity index (χ0v) is 18.7. The standard InChI is InChI=1S/C25H24BrNO3/c1-29-22-15-19-12-13-27(24(28)14-17-8-10-20(26)11-9-17)25(18-6-4-3-5-7-18)21(19)16-23(22)30-2/h3-11,15-16,25H,12-14H2,1-2H3. The molecular weight excluding hydrogens is 442 g/mol. The van der Waals surface area contributed by atoms with Gasteiger partial charge in [-0.05, 0) is 52.9 Å². The van der Waals surface area contributed by atoms with Gasteiger partial charge < -0.3 is 14.4 Å². The maximum absolute atomic E-state index is 13.4. The summed E-state index contributed by atoms with van der Waals surface area (Å²) in [6, 6.07) is 22.0. The summed E-state index contributed by atoms with van der Waals surface area (Å²) >= 11 is 3.45. The molecule has 5 heteroatoms. The third-order valence-corrected chi connectivity index (χ3v) is 6.11. The van der Waals surface area contributed by atoms with E-state index in [1.807, 2.05) is 59.5 Å². The number of nitrogens with zero attached hydrogens (tertiary/aromatic N) is 1. The maximum Gasteiger partial charge on any atom is 0.227 e. The van der Waals surface area contributed by atoms with Crippen LogP contribution in [-0.2, 0) is 17.6 Å². The fourth-order valence-corrected chi connectivity index (χ4v) is 4.35. The lowest BCUT2D eigenvalue weighted by molar-refractivity contribution is -0.132. The third kappa shape index (κ3) is 4.08. The van der Waals surface area contributed by atoms with E-state index in [0.29, 0.717) is 18.7 Å². The number of carbonyl (C=O) groups excluding carboxylic acids is 1. The number of rotatable bonds is 5. The van der Waals surface area contributed by atoms with E-state index in [1.165, 1.54) is 5.56 Å². The fraction of sp³-hybridized carbons (Fsp3) is 0.240. The summed E-state index contributed by atoms with van der Waals surface area (Å²) < 4.78 is 12.1. The van der Waals surface area contributed by atoms with E-state index in [1.54, 1.807) is 14.2 Å². The summed E-state index contributed by atoms with van der Waals surface area (Å²) in [5, 5.41) is 0. The van der Waals surface area contributed by atoms with Crippen molar-refractivity contribution < 1.29 is 14.3 Å². The van der Waals surface area contributed by atoms with Gasteiger partial charge in [-0.2, -0.15) is 0 Å². The Labute approximate surface area is 185 Å².